The quantitative estimate of drug-likeness (QED) is 0.889. The first kappa shape index (κ1) is 16.1. The first-order valence-corrected chi connectivity index (χ1v) is 8.61. The second-order valence-electron chi connectivity index (χ2n) is 6.52. The molecule has 1 aromatic rings. The van der Waals surface area contributed by atoms with Crippen LogP contribution < -0.4 is 9.47 Å². The molecule has 1 N–H and O–H groups in total. The van der Waals surface area contributed by atoms with E-state index in [0.717, 1.165) is 48.2 Å². The fourth-order valence-electron chi connectivity index (χ4n) is 4.30. The second-order valence-corrected chi connectivity index (χ2v) is 7.38. The van der Waals surface area contributed by atoms with Crippen molar-refractivity contribution in [1.82, 2.24) is 4.90 Å². The van der Waals surface area contributed by atoms with Crippen LogP contribution in [0, 0.1) is 0 Å². The average Bonchev–Trinajstić information content (AvgIpc) is 2.84. The number of likely N-dealkylation sites (tertiary alicyclic amines) is 1. The predicted molar refractivity (Wildman–Crippen MR) is 89.8 cm³/mol. The maximum Gasteiger partial charge on any atom is 0.174 e. The van der Waals surface area contributed by atoms with Crippen molar-refractivity contribution in [2.45, 2.75) is 43.2 Å². The topological polar surface area (TPSA) is 41.9 Å². The number of rotatable bonds is 3. The Balaban J connectivity index is 2.07. The maximum absolute atomic E-state index is 10.1. The molecule has 4 nitrogen and oxygen atoms in total. The molecular formula is C17H24BrNO3. The van der Waals surface area contributed by atoms with Crippen LogP contribution in [0.3, 0.4) is 0 Å². The van der Waals surface area contributed by atoms with Crippen LogP contribution in [0.5, 0.6) is 11.5 Å². The van der Waals surface area contributed by atoms with Gasteiger partial charge in [-0.25, -0.2) is 0 Å². The van der Waals surface area contributed by atoms with Crippen molar-refractivity contribution < 1.29 is 14.6 Å². The van der Waals surface area contributed by atoms with E-state index >= 15 is 0 Å². The van der Waals surface area contributed by atoms with Crippen LogP contribution in [0.2, 0.25) is 0 Å². The highest BCUT2D eigenvalue weighted by molar-refractivity contribution is 9.10. The first-order chi connectivity index (χ1) is 10.5. The normalized spacial score (nSPS) is 31.9. The lowest BCUT2D eigenvalue weighted by atomic mass is 9.65. The Morgan fingerprint density at radius 2 is 2.05 bits per heavy atom. The molecule has 5 heteroatoms. The smallest absolute Gasteiger partial charge is 0.174 e. The van der Waals surface area contributed by atoms with Gasteiger partial charge < -0.3 is 19.5 Å². The summed E-state index contributed by atoms with van der Waals surface area (Å²) in [4.78, 5) is 2.40. The highest BCUT2D eigenvalue weighted by Crippen LogP contribution is 2.51. The molecule has 1 saturated carbocycles. The van der Waals surface area contributed by atoms with E-state index in [1.54, 1.807) is 14.2 Å². The lowest BCUT2D eigenvalue weighted by Crippen LogP contribution is -2.47. The molecule has 0 radical (unpaired) electrons. The van der Waals surface area contributed by atoms with E-state index in [1.807, 2.05) is 0 Å². The SMILES string of the molecule is COc1cc([C@@]23CC[C@@H](O)C[C@@H]2N(C)CC3)cc(Br)c1OC. The molecule has 3 atom stereocenters. The Bertz CT molecular complexity index is 565. The molecule has 0 spiro atoms. The van der Waals surface area contributed by atoms with Crippen LogP contribution in [0.15, 0.2) is 16.6 Å². The standard InChI is InChI=1S/C17H24BrNO3/c1-19-7-6-17(5-4-12(20)10-15(17)19)11-8-13(18)16(22-3)14(9-11)21-2/h8-9,12,15,20H,4-7,10H2,1-3H3/t12-,15+,17+/m1/s1. The number of halogens is 1. The van der Waals surface area contributed by atoms with E-state index in [0.29, 0.717) is 6.04 Å². The summed E-state index contributed by atoms with van der Waals surface area (Å²) in [6.45, 7) is 1.07. The Kier molecular flexibility index (Phi) is 4.40. The molecule has 0 amide bonds. The van der Waals surface area contributed by atoms with Gasteiger partial charge in [0.1, 0.15) is 0 Å². The van der Waals surface area contributed by atoms with E-state index in [9.17, 15) is 5.11 Å². The third-order valence-electron chi connectivity index (χ3n) is 5.51. The van der Waals surface area contributed by atoms with Crippen molar-refractivity contribution in [3.8, 4) is 11.5 Å². The number of aliphatic hydroxyl groups is 1. The van der Waals surface area contributed by atoms with Crippen LogP contribution in [0.4, 0.5) is 0 Å². The molecule has 2 aliphatic rings. The molecule has 1 aliphatic heterocycles. The van der Waals surface area contributed by atoms with Crippen molar-refractivity contribution >= 4 is 15.9 Å². The molecular weight excluding hydrogens is 346 g/mol. The van der Waals surface area contributed by atoms with Gasteiger partial charge in [0.15, 0.2) is 11.5 Å². The number of hydrogen-bond donors (Lipinski definition) is 1. The maximum atomic E-state index is 10.1. The lowest BCUT2D eigenvalue weighted by molar-refractivity contribution is 0.0566. The average molecular weight is 370 g/mol. The minimum Gasteiger partial charge on any atom is -0.493 e. The minimum atomic E-state index is -0.178. The molecule has 1 heterocycles. The molecule has 0 unspecified atom stereocenters. The number of ether oxygens (including phenoxy) is 2. The van der Waals surface area contributed by atoms with Gasteiger partial charge in [0, 0.05) is 11.5 Å². The fraction of sp³-hybridized carbons (Fsp3) is 0.647. The minimum absolute atomic E-state index is 0.107. The van der Waals surface area contributed by atoms with Gasteiger partial charge in [0.25, 0.3) is 0 Å². The summed E-state index contributed by atoms with van der Waals surface area (Å²) < 4.78 is 11.9. The summed E-state index contributed by atoms with van der Waals surface area (Å²) in [5, 5.41) is 10.1. The van der Waals surface area contributed by atoms with Crippen molar-refractivity contribution in [3.05, 3.63) is 22.2 Å². The molecule has 0 aromatic heterocycles. The highest BCUT2D eigenvalue weighted by Gasteiger charge is 2.50. The molecule has 1 aromatic carbocycles. The number of fused-ring (bicyclic) bond motifs is 1. The second kappa shape index (κ2) is 6.02. The predicted octanol–water partition coefficient (Wildman–Crippen LogP) is 2.95. The summed E-state index contributed by atoms with van der Waals surface area (Å²) in [6.07, 6.45) is 3.69. The van der Waals surface area contributed by atoms with E-state index in [-0.39, 0.29) is 11.5 Å². The molecule has 1 saturated heterocycles. The Hall–Kier alpha value is -0.780. The van der Waals surface area contributed by atoms with Crippen molar-refractivity contribution in [2.75, 3.05) is 27.8 Å². The molecule has 1 aliphatic carbocycles. The van der Waals surface area contributed by atoms with Gasteiger partial charge in [-0.1, -0.05) is 0 Å². The van der Waals surface area contributed by atoms with Crippen molar-refractivity contribution in [2.24, 2.45) is 0 Å². The summed E-state index contributed by atoms with van der Waals surface area (Å²) >= 11 is 3.62. The zero-order valence-electron chi connectivity index (χ0n) is 13.4. The summed E-state index contributed by atoms with van der Waals surface area (Å²) in [5.74, 6) is 1.50. The van der Waals surface area contributed by atoms with Crippen LogP contribution in [0.25, 0.3) is 0 Å². The van der Waals surface area contributed by atoms with Gasteiger partial charge in [-0.3, -0.25) is 0 Å². The Labute approximate surface area is 140 Å². The van der Waals surface area contributed by atoms with Crippen LogP contribution in [0.1, 0.15) is 31.2 Å². The number of aliphatic hydroxyl groups excluding tert-OH is 1. The van der Waals surface area contributed by atoms with Gasteiger partial charge in [-0.15, -0.1) is 0 Å². The number of methoxy groups -OCH3 is 2. The van der Waals surface area contributed by atoms with Crippen LogP contribution in [-0.2, 0) is 5.41 Å². The fourth-order valence-corrected chi connectivity index (χ4v) is 4.91. The number of likely N-dealkylation sites (N-methyl/N-ethyl adjacent to an activating group) is 1. The molecule has 3 rings (SSSR count). The Morgan fingerprint density at radius 3 is 2.73 bits per heavy atom. The summed E-state index contributed by atoms with van der Waals surface area (Å²) in [7, 11) is 5.50. The van der Waals surface area contributed by atoms with Gasteiger partial charge in [0.2, 0.25) is 0 Å². The van der Waals surface area contributed by atoms with E-state index in [1.165, 1.54) is 5.56 Å². The molecule has 2 fully saturated rings. The number of nitrogens with zero attached hydrogens (tertiary/aromatic N) is 1. The molecule has 0 bridgehead atoms. The van der Waals surface area contributed by atoms with E-state index in [4.69, 9.17) is 9.47 Å². The van der Waals surface area contributed by atoms with Gasteiger partial charge >= 0.3 is 0 Å². The number of hydrogen-bond acceptors (Lipinski definition) is 4. The zero-order chi connectivity index (χ0) is 15.9. The zero-order valence-corrected chi connectivity index (χ0v) is 15.0. The largest absolute Gasteiger partial charge is 0.493 e. The summed E-state index contributed by atoms with van der Waals surface area (Å²) in [6, 6.07) is 4.68. The third-order valence-corrected chi connectivity index (χ3v) is 6.10. The third kappa shape index (κ3) is 2.43. The van der Waals surface area contributed by atoms with Crippen molar-refractivity contribution in [3.63, 3.8) is 0 Å². The van der Waals surface area contributed by atoms with Gasteiger partial charge in [-0.2, -0.15) is 0 Å². The summed E-state index contributed by atoms with van der Waals surface area (Å²) in [5.41, 5.74) is 1.40. The molecule has 122 valence electrons. The first-order valence-electron chi connectivity index (χ1n) is 7.82. The lowest BCUT2D eigenvalue weighted by Gasteiger charge is -2.43. The van der Waals surface area contributed by atoms with Crippen LogP contribution in [-0.4, -0.2) is 50.0 Å². The highest BCUT2D eigenvalue weighted by atomic mass is 79.9. The van der Waals surface area contributed by atoms with E-state index in [2.05, 4.69) is 40.0 Å². The van der Waals surface area contributed by atoms with Crippen molar-refractivity contribution in [1.29, 1.82) is 0 Å². The monoisotopic (exact) mass is 369 g/mol. The van der Waals surface area contributed by atoms with Gasteiger partial charge in [0.05, 0.1) is 24.8 Å². The van der Waals surface area contributed by atoms with Gasteiger partial charge in [-0.05, 0) is 72.9 Å². The van der Waals surface area contributed by atoms with E-state index < -0.39 is 0 Å². The molecule has 22 heavy (non-hydrogen) atoms. The number of benzene rings is 1. The van der Waals surface area contributed by atoms with Crippen LogP contribution >= 0.6 is 15.9 Å². The Morgan fingerprint density at radius 1 is 1.27 bits per heavy atom.